The molecule has 0 saturated heterocycles. The fourth-order valence-electron chi connectivity index (χ4n) is 0.424. The quantitative estimate of drug-likeness (QED) is 0.411. The van der Waals surface area contributed by atoms with E-state index in [1.165, 1.54) is 6.42 Å². The van der Waals surface area contributed by atoms with Gasteiger partial charge in [-0.1, -0.05) is 43.4 Å². The van der Waals surface area contributed by atoms with E-state index in [0.717, 1.165) is 12.8 Å². The van der Waals surface area contributed by atoms with Crippen LogP contribution in [0.2, 0.25) is 0 Å². The molecule has 1 heteroatoms. The molecule has 0 saturated carbocycles. The second-order valence-corrected chi connectivity index (χ2v) is 2.27. The first-order valence-corrected chi connectivity index (χ1v) is 3.48. The Morgan fingerprint density at radius 1 is 1.67 bits per heavy atom. The maximum Gasteiger partial charge on any atom is 0.0832 e. The van der Waals surface area contributed by atoms with E-state index in [-0.39, 0.29) is 0 Å². The van der Waals surface area contributed by atoms with Gasteiger partial charge in [-0.15, -0.1) is 0 Å². The van der Waals surface area contributed by atoms with Gasteiger partial charge < -0.3 is 0 Å². The lowest BCUT2D eigenvalue weighted by molar-refractivity contribution is 0.828. The van der Waals surface area contributed by atoms with Gasteiger partial charge in [0.2, 0.25) is 0 Å². The van der Waals surface area contributed by atoms with Crippen molar-refractivity contribution in [1.29, 1.82) is 0 Å². The monoisotopic (exact) mass is 142 g/mol. The minimum atomic E-state index is 0.436. The lowest BCUT2D eigenvalue weighted by Gasteiger charge is -1.82. The molecule has 0 fully saturated rings. The van der Waals surface area contributed by atoms with Gasteiger partial charge in [0.1, 0.15) is 0 Å². The molecule has 0 amide bonds. The van der Waals surface area contributed by atoms with Gasteiger partial charge in [0, 0.05) is 6.42 Å². The zero-order valence-electron chi connectivity index (χ0n) is 5.71. The highest BCUT2D eigenvalue weighted by Crippen LogP contribution is 1.94. The van der Waals surface area contributed by atoms with E-state index in [0.29, 0.717) is 5.03 Å². The summed E-state index contributed by atoms with van der Waals surface area (Å²) in [7, 11) is 0. The van der Waals surface area contributed by atoms with E-state index in [2.05, 4.69) is 25.3 Å². The van der Waals surface area contributed by atoms with Crippen LogP contribution in [0.1, 0.15) is 26.2 Å². The van der Waals surface area contributed by atoms with Gasteiger partial charge in [0.05, 0.1) is 5.03 Å². The van der Waals surface area contributed by atoms with Gasteiger partial charge in [-0.05, 0) is 6.42 Å². The Hall–Kier alpha value is -0.410. The van der Waals surface area contributed by atoms with Crippen molar-refractivity contribution in [2.45, 2.75) is 26.2 Å². The van der Waals surface area contributed by atoms with Crippen molar-refractivity contribution >= 4 is 11.6 Å². The lowest BCUT2D eigenvalue weighted by atomic mass is 10.2. The molecule has 0 unspecified atom stereocenters. The van der Waals surface area contributed by atoms with Crippen LogP contribution >= 0.6 is 11.6 Å². The van der Waals surface area contributed by atoms with Crippen LogP contribution in [0.15, 0.2) is 11.6 Å². The third-order valence-corrected chi connectivity index (χ3v) is 0.974. The number of hydrogen-bond acceptors (Lipinski definition) is 0. The zero-order chi connectivity index (χ0) is 7.11. The maximum absolute atomic E-state index is 5.39. The smallest absolute Gasteiger partial charge is 0.0832 e. The molecule has 0 spiro atoms. The van der Waals surface area contributed by atoms with E-state index >= 15 is 0 Å². The van der Waals surface area contributed by atoms with E-state index in [1.807, 2.05) is 0 Å². The normalized spacial score (nSPS) is 7.78. The fourth-order valence-corrected chi connectivity index (χ4v) is 0.490. The van der Waals surface area contributed by atoms with Crippen molar-refractivity contribution in [3.8, 4) is 11.8 Å². The molecule has 0 aromatic carbocycles. The number of rotatable bonds is 2. The second kappa shape index (κ2) is 5.72. The van der Waals surface area contributed by atoms with Crippen LogP contribution in [0.25, 0.3) is 0 Å². The Labute approximate surface area is 61.9 Å². The summed E-state index contributed by atoms with van der Waals surface area (Å²) < 4.78 is 0. The summed E-state index contributed by atoms with van der Waals surface area (Å²) in [5.74, 6) is 5.61. The summed E-state index contributed by atoms with van der Waals surface area (Å²) in [5, 5.41) is 0.436. The third-order valence-electron chi connectivity index (χ3n) is 0.879. The SMILES string of the molecule is C=C(Cl)C#CCCCC. The molecule has 0 rings (SSSR count). The summed E-state index contributed by atoms with van der Waals surface area (Å²) in [6.45, 7) is 5.58. The molecular formula is C8H11Cl. The molecule has 0 aliphatic heterocycles. The van der Waals surface area contributed by atoms with E-state index in [9.17, 15) is 0 Å². The van der Waals surface area contributed by atoms with Crippen LogP contribution < -0.4 is 0 Å². The number of allylic oxidation sites excluding steroid dienone is 1. The van der Waals surface area contributed by atoms with Gasteiger partial charge in [-0.3, -0.25) is 0 Å². The van der Waals surface area contributed by atoms with Crippen molar-refractivity contribution in [1.82, 2.24) is 0 Å². The highest BCUT2D eigenvalue weighted by atomic mass is 35.5. The highest BCUT2D eigenvalue weighted by molar-refractivity contribution is 6.31. The molecule has 0 nitrogen and oxygen atoms in total. The Kier molecular flexibility index (Phi) is 5.46. The van der Waals surface area contributed by atoms with Gasteiger partial charge in [-0.2, -0.15) is 0 Å². The van der Waals surface area contributed by atoms with Crippen LogP contribution in [0, 0.1) is 11.8 Å². The summed E-state index contributed by atoms with van der Waals surface area (Å²) >= 11 is 5.39. The highest BCUT2D eigenvalue weighted by Gasteiger charge is 1.76. The first kappa shape index (κ1) is 8.59. The van der Waals surface area contributed by atoms with E-state index in [4.69, 9.17) is 11.6 Å². The number of unbranched alkanes of at least 4 members (excludes halogenated alkanes) is 2. The Morgan fingerprint density at radius 2 is 2.33 bits per heavy atom. The van der Waals surface area contributed by atoms with E-state index in [1.54, 1.807) is 0 Å². The van der Waals surface area contributed by atoms with Crippen molar-refractivity contribution in [2.75, 3.05) is 0 Å². The summed E-state index contributed by atoms with van der Waals surface area (Å²) in [6.07, 6.45) is 3.27. The molecule has 0 aliphatic rings. The maximum atomic E-state index is 5.39. The molecule has 9 heavy (non-hydrogen) atoms. The molecular weight excluding hydrogens is 132 g/mol. The summed E-state index contributed by atoms with van der Waals surface area (Å²) in [4.78, 5) is 0. The molecule has 0 aromatic heterocycles. The number of hydrogen-bond donors (Lipinski definition) is 0. The molecule has 0 N–H and O–H groups in total. The van der Waals surface area contributed by atoms with E-state index < -0.39 is 0 Å². The van der Waals surface area contributed by atoms with Crippen LogP contribution in [0.5, 0.6) is 0 Å². The Balaban J connectivity index is 3.27. The topological polar surface area (TPSA) is 0 Å². The third kappa shape index (κ3) is 7.59. The zero-order valence-corrected chi connectivity index (χ0v) is 6.46. The van der Waals surface area contributed by atoms with Crippen molar-refractivity contribution in [2.24, 2.45) is 0 Å². The standard InChI is InChI=1S/C8H11Cl/c1-3-4-5-6-7-8(2)9/h2-5H2,1H3. The predicted octanol–water partition coefficient (Wildman–Crippen LogP) is 2.93. The molecule has 0 radical (unpaired) electrons. The summed E-state index contributed by atoms with van der Waals surface area (Å²) in [6, 6.07) is 0. The predicted molar refractivity (Wildman–Crippen MR) is 42.3 cm³/mol. The molecule has 50 valence electrons. The number of halogens is 1. The minimum Gasteiger partial charge on any atom is -0.0970 e. The van der Waals surface area contributed by atoms with Gasteiger partial charge in [0.25, 0.3) is 0 Å². The van der Waals surface area contributed by atoms with Crippen molar-refractivity contribution in [3.63, 3.8) is 0 Å². The molecule has 0 heterocycles. The molecule has 0 bridgehead atoms. The Morgan fingerprint density at radius 3 is 2.78 bits per heavy atom. The van der Waals surface area contributed by atoms with Gasteiger partial charge in [-0.25, -0.2) is 0 Å². The molecule has 0 aliphatic carbocycles. The largest absolute Gasteiger partial charge is 0.0970 e. The van der Waals surface area contributed by atoms with Crippen LogP contribution in [0.4, 0.5) is 0 Å². The summed E-state index contributed by atoms with van der Waals surface area (Å²) in [5.41, 5.74) is 0. The Bertz CT molecular complexity index is 136. The molecule has 0 aromatic rings. The second-order valence-electron chi connectivity index (χ2n) is 1.81. The van der Waals surface area contributed by atoms with Gasteiger partial charge >= 0.3 is 0 Å². The van der Waals surface area contributed by atoms with Crippen LogP contribution in [0.3, 0.4) is 0 Å². The van der Waals surface area contributed by atoms with Crippen molar-refractivity contribution < 1.29 is 0 Å². The van der Waals surface area contributed by atoms with Crippen molar-refractivity contribution in [3.05, 3.63) is 11.6 Å². The van der Waals surface area contributed by atoms with Crippen LogP contribution in [-0.4, -0.2) is 0 Å². The average molecular weight is 143 g/mol. The first-order valence-electron chi connectivity index (χ1n) is 3.10. The van der Waals surface area contributed by atoms with Gasteiger partial charge in [0.15, 0.2) is 0 Å². The first-order chi connectivity index (χ1) is 4.27. The average Bonchev–Trinajstić information content (AvgIpc) is 1.80. The lowest BCUT2D eigenvalue weighted by Crippen LogP contribution is -1.66. The fraction of sp³-hybridized carbons (Fsp3) is 0.500. The minimum absolute atomic E-state index is 0.436. The van der Waals surface area contributed by atoms with Crippen LogP contribution in [-0.2, 0) is 0 Å². The molecule has 0 atom stereocenters.